The van der Waals surface area contributed by atoms with Crippen LogP contribution in [0.2, 0.25) is 0 Å². The first kappa shape index (κ1) is 51.7. The molecule has 58 heavy (non-hydrogen) atoms. The zero-order chi connectivity index (χ0) is 41.0. The van der Waals surface area contributed by atoms with Crippen LogP contribution in [-0.4, -0.2) is 53.4 Å². The summed E-state index contributed by atoms with van der Waals surface area (Å²) < 4.78 is 3.37. The molecule has 0 aliphatic carbocycles. The van der Waals surface area contributed by atoms with E-state index in [1.807, 2.05) is 50.4 Å². The molecular weight excluding hydrogens is 1010 g/mol. The topological polar surface area (TPSA) is 74.6 Å². The smallest absolute Gasteiger partial charge is 1.00 e. The summed E-state index contributed by atoms with van der Waals surface area (Å²) in [6.45, 7) is 16.4. The van der Waals surface area contributed by atoms with Gasteiger partial charge in [0.1, 0.15) is 0 Å². The first-order valence-corrected chi connectivity index (χ1v) is 24.7. The van der Waals surface area contributed by atoms with Crippen LogP contribution < -0.4 is 29.6 Å². The van der Waals surface area contributed by atoms with E-state index < -0.39 is 5.97 Å². The molecule has 0 aromatic heterocycles. The van der Waals surface area contributed by atoms with Crippen LogP contribution in [-0.2, 0) is 0 Å². The maximum Gasteiger partial charge on any atom is 1.00 e. The number of fused-ring (bicyclic) bond motifs is 4. The van der Waals surface area contributed by atoms with Crippen LogP contribution in [0.15, 0.2) is 69.4 Å². The second-order valence-corrected chi connectivity index (χ2v) is 20.9. The van der Waals surface area contributed by atoms with E-state index in [9.17, 15) is 14.7 Å². The first-order valence-electron chi connectivity index (χ1n) is 18.3. The number of Topliss-reactive ketones (excluding diaryl/α,β-unsaturated/α-hetero) is 1. The van der Waals surface area contributed by atoms with E-state index in [-0.39, 0.29) is 45.5 Å². The zero-order valence-corrected chi connectivity index (χ0v) is 44.5. The van der Waals surface area contributed by atoms with E-state index in [1.165, 1.54) is 57.4 Å². The number of aromatic carboxylic acids is 1. The van der Waals surface area contributed by atoms with Crippen molar-refractivity contribution in [3.05, 3.63) is 122 Å². The number of rotatable bonds is 1. The van der Waals surface area contributed by atoms with E-state index in [1.54, 1.807) is 29.6 Å². The average Bonchev–Trinajstić information content (AvgIpc) is 3.17. The van der Waals surface area contributed by atoms with E-state index in [2.05, 4.69) is 119 Å². The third kappa shape index (κ3) is 11.9. The van der Waals surface area contributed by atoms with Gasteiger partial charge in [0.15, 0.2) is 5.78 Å². The number of aliphatic hydroxyl groups is 1. The zero-order valence-electron chi connectivity index (χ0n) is 35.5. The Morgan fingerprint density at radius 2 is 1.12 bits per heavy atom. The summed E-state index contributed by atoms with van der Waals surface area (Å²) in [5.74, 6) is 3.47. The number of carboxylic acid groups (broad SMARTS) is 1. The van der Waals surface area contributed by atoms with Crippen molar-refractivity contribution >= 4 is 127 Å². The maximum atomic E-state index is 11.8. The normalized spacial score (nSPS) is 15.5. The number of ketones is 1. The van der Waals surface area contributed by atoms with Gasteiger partial charge in [-0.2, -0.15) is 0 Å². The number of halogens is 3. The van der Waals surface area contributed by atoms with Crippen LogP contribution in [0.4, 0.5) is 0 Å². The minimum atomic E-state index is -0.845. The van der Waals surface area contributed by atoms with Crippen LogP contribution in [0.5, 0.6) is 0 Å². The van der Waals surface area contributed by atoms with E-state index in [0.717, 1.165) is 71.8 Å². The second-order valence-electron chi connectivity index (χ2n) is 14.1. The van der Waals surface area contributed by atoms with Gasteiger partial charge in [0.05, 0.1) is 11.7 Å². The Morgan fingerprint density at radius 1 is 0.655 bits per heavy atom. The van der Waals surface area contributed by atoms with Crippen molar-refractivity contribution in [2.75, 3.05) is 23.0 Å². The number of benzene rings is 4. The largest absolute Gasteiger partial charge is 1.00 e. The fourth-order valence-electron chi connectivity index (χ4n) is 7.02. The summed E-state index contributed by atoms with van der Waals surface area (Å²) in [7, 11) is 0. The Hall–Kier alpha value is -0.635. The third-order valence-electron chi connectivity index (χ3n) is 10.1. The number of carbonyl (C=O) groups is 2. The van der Waals surface area contributed by atoms with Gasteiger partial charge in [0, 0.05) is 76.4 Å². The minimum Gasteiger partial charge on any atom is -1.00 e. The number of thioether (sulfide) groups is 4. The molecule has 0 fully saturated rings. The Labute approximate surface area is 412 Å². The van der Waals surface area contributed by atoms with Crippen molar-refractivity contribution in [1.29, 1.82) is 0 Å². The molecule has 301 valence electrons. The number of carbonyl (C=O) groups excluding carboxylic acids is 1. The van der Waals surface area contributed by atoms with Gasteiger partial charge in [-0.25, -0.2) is 4.79 Å². The molecule has 0 amide bonds. The number of hydrogen-bond acceptors (Lipinski definition) is 7. The van der Waals surface area contributed by atoms with Crippen molar-refractivity contribution in [2.45, 2.75) is 93.9 Å². The summed E-state index contributed by atoms with van der Waals surface area (Å²) in [6, 6.07) is 8.21. The predicted molar refractivity (Wildman–Crippen MR) is 260 cm³/mol. The molecule has 8 rings (SSSR count). The summed E-state index contributed by atoms with van der Waals surface area (Å²) >= 11 is 18.0. The molecule has 13 heteroatoms. The van der Waals surface area contributed by atoms with Crippen molar-refractivity contribution < 1.29 is 50.8 Å². The molecule has 4 aromatic carbocycles. The van der Waals surface area contributed by atoms with Gasteiger partial charge in [-0.3, -0.25) is 4.79 Å². The van der Waals surface area contributed by atoms with Crippen LogP contribution in [0.1, 0.15) is 102 Å². The number of aliphatic hydroxyl groups excluding tert-OH is 1. The fourth-order valence-corrected chi connectivity index (χ4v) is 13.2. The van der Waals surface area contributed by atoms with Crippen LogP contribution in [0.3, 0.4) is 0 Å². The third-order valence-corrected chi connectivity index (χ3v) is 17.5. The molecule has 4 heterocycles. The summed E-state index contributed by atoms with van der Waals surface area (Å²) in [5.41, 5.74) is 14.3. The second kappa shape index (κ2) is 23.2. The average molecular weight is 1050 g/mol. The van der Waals surface area contributed by atoms with Crippen molar-refractivity contribution in [2.24, 2.45) is 0 Å². The van der Waals surface area contributed by atoms with Gasteiger partial charge in [0.25, 0.3) is 0 Å². The fraction of sp³-hybridized carbons (Fsp3) is 0.333. The number of hydrogen-bond donors (Lipinski definition) is 2. The maximum absolute atomic E-state index is 11.8. The van der Waals surface area contributed by atoms with Gasteiger partial charge in [-0.1, -0.05) is 72.1 Å². The molecule has 4 aliphatic heterocycles. The summed E-state index contributed by atoms with van der Waals surface area (Å²) in [4.78, 5) is 27.9. The predicted octanol–water partition coefficient (Wildman–Crippen LogP) is 11.4. The van der Waals surface area contributed by atoms with Gasteiger partial charge in [-0.05, 0) is 147 Å². The molecule has 4 nitrogen and oxygen atoms in total. The van der Waals surface area contributed by atoms with Gasteiger partial charge < -0.3 is 11.6 Å². The van der Waals surface area contributed by atoms with E-state index in [4.69, 9.17) is 5.11 Å². The Balaban J connectivity index is 0.000000267. The Bertz CT molecular complexity index is 2290. The molecule has 0 saturated heterocycles. The van der Waals surface area contributed by atoms with Gasteiger partial charge in [0.2, 0.25) is 0 Å². The Kier molecular flexibility index (Phi) is 20.7. The molecule has 3 radical (unpaired) electrons. The van der Waals surface area contributed by atoms with Crippen LogP contribution in [0.25, 0.3) is 12.2 Å². The molecule has 1 atom stereocenters. The van der Waals surface area contributed by atoms with Gasteiger partial charge >= 0.3 is 35.5 Å². The summed E-state index contributed by atoms with van der Waals surface area (Å²) in [6.07, 6.45) is 9.83. The quantitative estimate of drug-likeness (QED) is 0.183. The van der Waals surface area contributed by atoms with Crippen LogP contribution >= 0.6 is 94.8 Å². The SMILES string of the molecule is Cc1cc(Br)c(C)c2c1SCC=C2.Cc1cc(Br)c(C)c2c1SCCC2=O.Cc1cc(Br)c(C)c2c1SCCC2O.Cc1cc(C(=O)O)c(C)c2c1SCC=C2.[B].[H-].[Na+]. The van der Waals surface area contributed by atoms with Crippen LogP contribution in [0, 0.1) is 55.4 Å². The van der Waals surface area contributed by atoms with Gasteiger partial charge in [-0.15, -0.1) is 47.0 Å². The standard InChI is InChI=1S/C12H12O2S.C11H13BrOS.C11H11BrOS.C11H11BrS.B.Na.H/c1-7-6-10(12(13)14)8(2)9-4-3-5-15-11(7)9;2*1-6-5-8(12)7(2)10-9(13)3-4-14-11(6)10;1-7-6-10(12)8(2)9-4-3-5-13-11(7)9;;;/h3-4,6H,5H2,1-2H3,(H,13,14);5,9,13H,3-4H2,1-2H3;5H,3-4H2,1-2H3;3-4,6H,5H2,1-2H3;;;/q;;;;;+1;-1. The molecule has 4 aliphatic rings. The number of aryl methyl sites for hydroxylation is 4. The van der Waals surface area contributed by atoms with Crippen molar-refractivity contribution in [1.82, 2.24) is 0 Å². The molecular formula is C45H48BBr3NaO4S4. The molecule has 0 spiro atoms. The molecule has 2 N–H and O–H groups in total. The summed E-state index contributed by atoms with van der Waals surface area (Å²) in [5, 5.41) is 19.0. The minimum absolute atomic E-state index is 0. The molecule has 0 bridgehead atoms. The number of carboxylic acids is 1. The monoisotopic (exact) mass is 1050 g/mol. The first-order chi connectivity index (χ1) is 26.5. The molecule has 4 aromatic rings. The van der Waals surface area contributed by atoms with Crippen molar-refractivity contribution in [3.8, 4) is 0 Å². The van der Waals surface area contributed by atoms with Crippen molar-refractivity contribution in [3.63, 3.8) is 0 Å². The van der Waals surface area contributed by atoms with E-state index >= 15 is 0 Å². The molecule has 1 unspecified atom stereocenters. The Morgan fingerprint density at radius 3 is 1.69 bits per heavy atom. The molecule has 0 saturated carbocycles. The van der Waals surface area contributed by atoms with E-state index in [0.29, 0.717) is 17.8 Å².